The number of ether oxygens (including phenoxy) is 1. The Hall–Kier alpha value is -1.75. The number of carbonyl (C=O) groups excluding carboxylic acids is 3. The van der Waals surface area contributed by atoms with Crippen LogP contribution in [0.25, 0.3) is 0 Å². The maximum atomic E-state index is 13.2. The number of ketones is 2. The highest BCUT2D eigenvalue weighted by Crippen LogP contribution is 2.66. The van der Waals surface area contributed by atoms with Crippen LogP contribution in [0.5, 0.6) is 0 Å². The summed E-state index contributed by atoms with van der Waals surface area (Å²) < 4.78 is 5.14. The lowest BCUT2D eigenvalue weighted by Gasteiger charge is -2.57. The quantitative estimate of drug-likeness (QED) is 0.533. The van der Waals surface area contributed by atoms with Gasteiger partial charge in [-0.25, -0.2) is 0 Å². The van der Waals surface area contributed by atoms with E-state index in [4.69, 9.17) is 4.74 Å². The van der Waals surface area contributed by atoms with E-state index in [0.29, 0.717) is 17.8 Å². The lowest BCUT2D eigenvalue weighted by Crippen LogP contribution is -2.51. The number of carbonyl (C=O) groups is 3. The van der Waals surface area contributed by atoms with Gasteiger partial charge in [0.15, 0.2) is 5.78 Å². The molecule has 0 aromatic heterocycles. The van der Waals surface area contributed by atoms with Gasteiger partial charge in [-0.3, -0.25) is 14.4 Å². The van der Waals surface area contributed by atoms with E-state index >= 15 is 0 Å². The fourth-order valence-corrected chi connectivity index (χ4v) is 7.17. The molecule has 3 fully saturated rings. The zero-order valence-corrected chi connectivity index (χ0v) is 19.4. The van der Waals surface area contributed by atoms with Crippen LogP contribution in [0.3, 0.4) is 0 Å². The number of hydrogen-bond donors (Lipinski definition) is 1. The molecule has 170 valence electrons. The van der Waals surface area contributed by atoms with Crippen molar-refractivity contribution in [1.29, 1.82) is 0 Å². The van der Waals surface area contributed by atoms with Gasteiger partial charge in [-0.05, 0) is 94.6 Å². The lowest BCUT2D eigenvalue weighted by atomic mass is 9.47. The van der Waals surface area contributed by atoms with Crippen molar-refractivity contribution in [3.05, 3.63) is 23.8 Å². The van der Waals surface area contributed by atoms with E-state index < -0.39 is 17.7 Å². The lowest BCUT2D eigenvalue weighted by molar-refractivity contribution is -0.186. The Labute approximate surface area is 185 Å². The van der Waals surface area contributed by atoms with Gasteiger partial charge in [0.05, 0.1) is 5.41 Å². The average Bonchev–Trinajstić information content (AvgIpc) is 3.04. The zero-order chi connectivity index (χ0) is 22.8. The maximum Gasteiger partial charge on any atom is 0.313 e. The zero-order valence-electron chi connectivity index (χ0n) is 19.4. The molecule has 4 rings (SSSR count). The summed E-state index contributed by atoms with van der Waals surface area (Å²) >= 11 is 0. The van der Waals surface area contributed by atoms with Gasteiger partial charge in [0.1, 0.15) is 0 Å². The fraction of sp³-hybridized carbons (Fsp3) is 0.731. The van der Waals surface area contributed by atoms with E-state index in [9.17, 15) is 19.5 Å². The molecule has 0 radical (unpaired) electrons. The van der Waals surface area contributed by atoms with Gasteiger partial charge in [-0.2, -0.15) is 0 Å². The molecule has 0 spiro atoms. The van der Waals surface area contributed by atoms with Gasteiger partial charge in [-0.1, -0.05) is 25.5 Å². The van der Waals surface area contributed by atoms with Gasteiger partial charge in [0.2, 0.25) is 5.78 Å². The van der Waals surface area contributed by atoms with Crippen LogP contribution >= 0.6 is 0 Å². The monoisotopic (exact) mass is 428 g/mol. The van der Waals surface area contributed by atoms with Crippen molar-refractivity contribution in [2.75, 3.05) is 0 Å². The predicted molar refractivity (Wildman–Crippen MR) is 117 cm³/mol. The van der Waals surface area contributed by atoms with Crippen LogP contribution in [0.2, 0.25) is 0 Å². The number of hydrogen-bond acceptors (Lipinski definition) is 5. The Morgan fingerprint density at radius 1 is 1.13 bits per heavy atom. The number of esters is 1. The van der Waals surface area contributed by atoms with Crippen LogP contribution in [0.4, 0.5) is 0 Å². The first-order chi connectivity index (χ1) is 14.4. The number of aliphatic hydroxyl groups is 1. The number of rotatable bonds is 3. The molecule has 7 atom stereocenters. The first-order valence-electron chi connectivity index (χ1n) is 11.7. The van der Waals surface area contributed by atoms with Gasteiger partial charge < -0.3 is 9.84 Å². The molecule has 0 amide bonds. The van der Waals surface area contributed by atoms with Crippen LogP contribution in [0.15, 0.2) is 23.8 Å². The third kappa shape index (κ3) is 3.53. The van der Waals surface area contributed by atoms with Crippen LogP contribution < -0.4 is 0 Å². The minimum Gasteiger partial charge on any atom is -0.428 e. The smallest absolute Gasteiger partial charge is 0.313 e. The molecule has 0 saturated heterocycles. The summed E-state index contributed by atoms with van der Waals surface area (Å²) in [7, 11) is 0. The van der Waals surface area contributed by atoms with E-state index in [1.54, 1.807) is 26.8 Å². The number of allylic oxidation sites excluding steroid dienone is 4. The summed E-state index contributed by atoms with van der Waals surface area (Å²) in [6.45, 7) is 9.60. The first kappa shape index (κ1) is 22.4. The van der Waals surface area contributed by atoms with Crippen molar-refractivity contribution in [1.82, 2.24) is 0 Å². The van der Waals surface area contributed by atoms with E-state index in [0.717, 1.165) is 38.5 Å². The highest BCUT2D eigenvalue weighted by Gasteiger charge is 2.60. The third-order valence-corrected chi connectivity index (χ3v) is 8.97. The van der Waals surface area contributed by atoms with Crippen molar-refractivity contribution < 1.29 is 24.2 Å². The maximum absolute atomic E-state index is 13.2. The Bertz CT molecular complexity index is 862. The van der Waals surface area contributed by atoms with Gasteiger partial charge in [0, 0.05) is 11.3 Å². The average molecular weight is 429 g/mol. The number of fused-ring (bicyclic) bond motifs is 5. The molecule has 0 heterocycles. The molecule has 4 aliphatic carbocycles. The summed E-state index contributed by atoms with van der Waals surface area (Å²) in [5, 5.41) is 10.4. The Morgan fingerprint density at radius 3 is 2.52 bits per heavy atom. The Kier molecular flexibility index (Phi) is 5.36. The van der Waals surface area contributed by atoms with Crippen LogP contribution in [0, 0.1) is 39.9 Å². The summed E-state index contributed by atoms with van der Waals surface area (Å²) in [6, 6.07) is 0. The molecule has 31 heavy (non-hydrogen) atoms. The molecule has 1 N–H and O–H groups in total. The molecule has 4 aliphatic rings. The molecule has 1 unspecified atom stereocenters. The van der Waals surface area contributed by atoms with Crippen LogP contribution in [-0.2, 0) is 19.1 Å². The highest BCUT2D eigenvalue weighted by molar-refractivity contribution is 6.01. The summed E-state index contributed by atoms with van der Waals surface area (Å²) in [6.07, 6.45) is 9.61. The summed E-state index contributed by atoms with van der Waals surface area (Å²) in [4.78, 5) is 37.3. The minimum absolute atomic E-state index is 0.0675. The van der Waals surface area contributed by atoms with Crippen molar-refractivity contribution >= 4 is 17.5 Å². The van der Waals surface area contributed by atoms with Crippen molar-refractivity contribution in [3.8, 4) is 0 Å². The largest absolute Gasteiger partial charge is 0.428 e. The van der Waals surface area contributed by atoms with Crippen LogP contribution in [-0.4, -0.2) is 28.9 Å². The molecular formula is C26H36O5. The van der Waals surface area contributed by atoms with Gasteiger partial charge in [0.25, 0.3) is 6.29 Å². The second-order valence-electron chi connectivity index (χ2n) is 11.7. The number of Topliss-reactive ketones (excluding diaryl/α,β-unsaturated/α-hetero) is 1. The molecular weight excluding hydrogens is 392 g/mol. The second kappa shape index (κ2) is 7.40. The van der Waals surface area contributed by atoms with Gasteiger partial charge in [-0.15, -0.1) is 0 Å². The van der Waals surface area contributed by atoms with Crippen molar-refractivity contribution in [2.24, 2.45) is 39.9 Å². The Morgan fingerprint density at radius 2 is 1.84 bits per heavy atom. The van der Waals surface area contributed by atoms with E-state index in [-0.39, 0.29) is 28.3 Å². The topological polar surface area (TPSA) is 80.7 Å². The normalized spacial score (nSPS) is 40.3. The van der Waals surface area contributed by atoms with Crippen molar-refractivity contribution in [3.63, 3.8) is 0 Å². The highest BCUT2D eigenvalue weighted by atomic mass is 16.6. The van der Waals surface area contributed by atoms with Crippen molar-refractivity contribution in [2.45, 2.75) is 79.4 Å². The van der Waals surface area contributed by atoms with E-state index in [1.165, 1.54) is 5.57 Å². The summed E-state index contributed by atoms with van der Waals surface area (Å²) in [5.74, 6) is 0.307. The minimum atomic E-state index is -1.68. The SMILES string of the molecule is CC(C)(C)C(=O)OC(O)C(=O)[C@H]1CC[C@H]2[C@@H]3CCC4=CC(=O)C=C[C@]4(C)[C@H]3CC[C@]12C. The number of aliphatic hydroxyl groups excluding tert-OH is 1. The first-order valence-corrected chi connectivity index (χ1v) is 11.7. The van der Waals surface area contributed by atoms with E-state index in [1.807, 2.05) is 6.08 Å². The van der Waals surface area contributed by atoms with E-state index in [2.05, 4.69) is 19.9 Å². The third-order valence-electron chi connectivity index (χ3n) is 8.97. The molecule has 0 aromatic rings. The molecule has 5 nitrogen and oxygen atoms in total. The standard InChI is InChI=1S/C26H36O5/c1-24(2,3)23(30)31-22(29)21(28)20-9-8-18-17-7-6-15-14-16(27)10-12-25(15,4)19(17)11-13-26(18,20)5/h10,12,14,17-20,22,29H,6-9,11,13H2,1-5H3/t17-,18-,19-,20+,22?,25-,26-/m0/s1. The molecule has 5 heteroatoms. The second-order valence-corrected chi connectivity index (χ2v) is 11.7. The molecule has 3 saturated carbocycles. The molecule has 0 aliphatic heterocycles. The van der Waals surface area contributed by atoms with Crippen LogP contribution in [0.1, 0.15) is 73.1 Å². The Balaban J connectivity index is 1.53. The molecule has 0 aromatic carbocycles. The summed E-state index contributed by atoms with van der Waals surface area (Å²) in [5.41, 5.74) is 0.250. The van der Waals surface area contributed by atoms with Gasteiger partial charge >= 0.3 is 5.97 Å². The predicted octanol–water partition coefficient (Wildman–Crippen LogP) is 4.39. The fourth-order valence-electron chi connectivity index (χ4n) is 7.17. The molecule has 0 bridgehead atoms.